The summed E-state index contributed by atoms with van der Waals surface area (Å²) in [5.41, 5.74) is 0. The van der Waals surface area contributed by atoms with Crippen molar-refractivity contribution in [3.05, 3.63) is 0 Å². The average molecular weight is 268 g/mol. The smallest absolute Gasteiger partial charge is 0.169 e. The largest absolute Gasteiger partial charge is 0.360 e. The predicted molar refractivity (Wildman–Crippen MR) is 81.9 cm³/mol. The molecule has 1 unspecified atom stereocenters. The van der Waals surface area contributed by atoms with Crippen molar-refractivity contribution in [3.8, 4) is 0 Å². The molecule has 1 aliphatic carbocycles. The molecule has 0 aromatic carbocycles. The van der Waals surface area contributed by atoms with Crippen molar-refractivity contribution in [2.45, 2.75) is 83.2 Å². The first-order valence-electron chi connectivity index (χ1n) is 7.88. The Hall–Kier alpha value is -0.310. The van der Waals surface area contributed by atoms with Gasteiger partial charge >= 0.3 is 0 Å². The maximum absolute atomic E-state index is 5.67. The lowest BCUT2D eigenvalue weighted by Gasteiger charge is -2.35. The van der Waals surface area contributed by atoms with Gasteiger partial charge in [0, 0.05) is 18.6 Å². The number of nitrogens with zero attached hydrogens (tertiary/aromatic N) is 1. The minimum atomic E-state index is 0.645. The molecule has 2 rings (SSSR count). The second-order valence-electron chi connectivity index (χ2n) is 5.89. The molecule has 1 aliphatic heterocycles. The van der Waals surface area contributed by atoms with Gasteiger partial charge in [0.05, 0.1) is 0 Å². The standard InChI is InChI=1S/C15H28N2S/c1-2-14-11-7-4-8-12-17(14)15(18)16-13-9-5-3-6-10-13/h13-14H,2-12H2,1H3,(H,16,18). The Labute approximate surface area is 118 Å². The van der Waals surface area contributed by atoms with Crippen LogP contribution in [0.3, 0.4) is 0 Å². The molecule has 104 valence electrons. The van der Waals surface area contributed by atoms with Crippen molar-refractivity contribution >= 4 is 17.3 Å². The van der Waals surface area contributed by atoms with Crippen molar-refractivity contribution < 1.29 is 0 Å². The zero-order valence-corrected chi connectivity index (χ0v) is 12.6. The molecule has 18 heavy (non-hydrogen) atoms. The first-order chi connectivity index (χ1) is 8.81. The lowest BCUT2D eigenvalue weighted by Crippen LogP contribution is -2.49. The predicted octanol–water partition coefficient (Wildman–Crippen LogP) is 3.85. The summed E-state index contributed by atoms with van der Waals surface area (Å²) in [5, 5.41) is 4.68. The van der Waals surface area contributed by atoms with Crippen LogP contribution in [-0.4, -0.2) is 28.6 Å². The summed E-state index contributed by atoms with van der Waals surface area (Å²) < 4.78 is 0. The van der Waals surface area contributed by atoms with Crippen LogP contribution in [0.25, 0.3) is 0 Å². The highest BCUT2D eigenvalue weighted by Crippen LogP contribution is 2.21. The molecular formula is C15H28N2S. The van der Waals surface area contributed by atoms with Gasteiger partial charge in [-0.3, -0.25) is 0 Å². The Kier molecular flexibility index (Phi) is 5.74. The molecule has 1 saturated heterocycles. The van der Waals surface area contributed by atoms with Crippen LogP contribution in [0, 0.1) is 0 Å². The van der Waals surface area contributed by atoms with E-state index in [1.807, 2.05) is 0 Å². The molecule has 1 N–H and O–H groups in total. The van der Waals surface area contributed by atoms with Gasteiger partial charge < -0.3 is 10.2 Å². The van der Waals surface area contributed by atoms with Crippen LogP contribution < -0.4 is 5.32 Å². The fraction of sp³-hybridized carbons (Fsp3) is 0.933. The van der Waals surface area contributed by atoms with Crippen LogP contribution in [0.2, 0.25) is 0 Å². The zero-order chi connectivity index (χ0) is 12.8. The summed E-state index contributed by atoms with van der Waals surface area (Å²) in [4.78, 5) is 2.48. The van der Waals surface area contributed by atoms with Crippen LogP contribution in [-0.2, 0) is 0 Å². The molecule has 1 atom stereocenters. The Morgan fingerprint density at radius 1 is 1.06 bits per heavy atom. The molecule has 0 spiro atoms. The first kappa shape index (κ1) is 14.1. The van der Waals surface area contributed by atoms with Crippen LogP contribution >= 0.6 is 12.2 Å². The van der Waals surface area contributed by atoms with E-state index in [0.29, 0.717) is 12.1 Å². The molecule has 0 amide bonds. The zero-order valence-electron chi connectivity index (χ0n) is 11.8. The topological polar surface area (TPSA) is 15.3 Å². The van der Waals surface area contributed by atoms with Crippen LogP contribution in [0.1, 0.15) is 71.1 Å². The van der Waals surface area contributed by atoms with E-state index < -0.39 is 0 Å². The number of hydrogen-bond donors (Lipinski definition) is 1. The lowest BCUT2D eigenvalue weighted by atomic mass is 9.96. The summed E-state index contributed by atoms with van der Waals surface area (Å²) in [5.74, 6) is 0. The molecule has 1 heterocycles. The summed E-state index contributed by atoms with van der Waals surface area (Å²) in [6, 6.07) is 1.32. The summed E-state index contributed by atoms with van der Waals surface area (Å²) in [6.07, 6.45) is 13.4. The third-order valence-electron chi connectivity index (χ3n) is 4.54. The number of likely N-dealkylation sites (tertiary alicyclic amines) is 1. The van der Waals surface area contributed by atoms with Gasteiger partial charge in [0.1, 0.15) is 0 Å². The van der Waals surface area contributed by atoms with E-state index in [4.69, 9.17) is 12.2 Å². The van der Waals surface area contributed by atoms with Gasteiger partial charge in [-0.05, 0) is 44.3 Å². The van der Waals surface area contributed by atoms with Gasteiger partial charge in [0.15, 0.2) is 5.11 Å². The molecule has 2 fully saturated rings. The maximum Gasteiger partial charge on any atom is 0.169 e. The van der Waals surface area contributed by atoms with Crippen molar-refractivity contribution in [2.75, 3.05) is 6.54 Å². The minimum Gasteiger partial charge on any atom is -0.360 e. The van der Waals surface area contributed by atoms with E-state index in [-0.39, 0.29) is 0 Å². The number of rotatable bonds is 2. The Morgan fingerprint density at radius 3 is 2.44 bits per heavy atom. The molecule has 0 bridgehead atoms. The van der Waals surface area contributed by atoms with Gasteiger partial charge in [-0.2, -0.15) is 0 Å². The van der Waals surface area contributed by atoms with Crippen molar-refractivity contribution in [3.63, 3.8) is 0 Å². The SMILES string of the molecule is CCC1CCCCCN1C(=S)NC1CCCCC1. The molecule has 0 radical (unpaired) electrons. The number of hydrogen-bond acceptors (Lipinski definition) is 1. The summed E-state index contributed by atoms with van der Waals surface area (Å²) >= 11 is 5.67. The van der Waals surface area contributed by atoms with Gasteiger partial charge in [0.25, 0.3) is 0 Å². The van der Waals surface area contributed by atoms with Crippen molar-refractivity contribution in [1.82, 2.24) is 10.2 Å². The first-order valence-corrected chi connectivity index (χ1v) is 8.29. The third kappa shape index (κ3) is 3.84. The molecular weight excluding hydrogens is 240 g/mol. The fourth-order valence-electron chi connectivity index (χ4n) is 3.37. The lowest BCUT2D eigenvalue weighted by molar-refractivity contribution is 0.293. The van der Waals surface area contributed by atoms with Gasteiger partial charge in [-0.1, -0.05) is 39.0 Å². The van der Waals surface area contributed by atoms with E-state index in [1.54, 1.807) is 0 Å². The molecule has 0 aromatic heterocycles. The van der Waals surface area contributed by atoms with E-state index >= 15 is 0 Å². The van der Waals surface area contributed by atoms with E-state index in [0.717, 1.165) is 11.7 Å². The number of thiocarbonyl (C=S) groups is 1. The normalized spacial score (nSPS) is 26.7. The quantitative estimate of drug-likeness (QED) is 0.766. The Bertz CT molecular complexity index is 261. The highest BCUT2D eigenvalue weighted by Gasteiger charge is 2.23. The summed E-state index contributed by atoms with van der Waals surface area (Å²) in [7, 11) is 0. The molecule has 2 nitrogen and oxygen atoms in total. The number of nitrogens with one attached hydrogen (secondary N) is 1. The average Bonchev–Trinajstić information content (AvgIpc) is 2.64. The second-order valence-corrected chi connectivity index (χ2v) is 6.28. The highest BCUT2D eigenvalue weighted by molar-refractivity contribution is 7.80. The summed E-state index contributed by atoms with van der Waals surface area (Å²) in [6.45, 7) is 3.46. The molecule has 2 aliphatic rings. The van der Waals surface area contributed by atoms with E-state index in [1.165, 1.54) is 64.2 Å². The van der Waals surface area contributed by atoms with Crippen LogP contribution in [0.5, 0.6) is 0 Å². The fourth-order valence-corrected chi connectivity index (χ4v) is 3.78. The third-order valence-corrected chi connectivity index (χ3v) is 4.89. The van der Waals surface area contributed by atoms with Crippen molar-refractivity contribution in [2.24, 2.45) is 0 Å². The maximum atomic E-state index is 5.67. The van der Waals surface area contributed by atoms with Gasteiger partial charge in [-0.15, -0.1) is 0 Å². The molecule has 3 heteroatoms. The Balaban J connectivity index is 1.88. The second kappa shape index (κ2) is 7.32. The minimum absolute atomic E-state index is 0.645. The van der Waals surface area contributed by atoms with Gasteiger partial charge in [0.2, 0.25) is 0 Å². The van der Waals surface area contributed by atoms with Gasteiger partial charge in [-0.25, -0.2) is 0 Å². The van der Waals surface area contributed by atoms with E-state index in [2.05, 4.69) is 17.1 Å². The molecule has 0 aromatic rings. The highest BCUT2D eigenvalue weighted by atomic mass is 32.1. The monoisotopic (exact) mass is 268 g/mol. The van der Waals surface area contributed by atoms with Crippen LogP contribution in [0.15, 0.2) is 0 Å². The van der Waals surface area contributed by atoms with E-state index in [9.17, 15) is 0 Å². The van der Waals surface area contributed by atoms with Crippen LogP contribution in [0.4, 0.5) is 0 Å². The van der Waals surface area contributed by atoms with Crippen molar-refractivity contribution in [1.29, 1.82) is 0 Å². The Morgan fingerprint density at radius 2 is 1.72 bits per heavy atom. The molecule has 1 saturated carbocycles.